The summed E-state index contributed by atoms with van der Waals surface area (Å²) in [5, 5.41) is 9.90. The molecule has 0 unspecified atom stereocenters. The van der Waals surface area contributed by atoms with Gasteiger partial charge in [-0.05, 0) is 55.9 Å². The van der Waals surface area contributed by atoms with Crippen LogP contribution in [0.15, 0.2) is 24.4 Å². The second-order valence-corrected chi connectivity index (χ2v) is 5.57. The lowest BCUT2D eigenvalue weighted by molar-refractivity contribution is -0.120. The maximum absolute atomic E-state index is 11.9. The van der Waals surface area contributed by atoms with Crippen molar-refractivity contribution < 1.29 is 4.79 Å². The van der Waals surface area contributed by atoms with Gasteiger partial charge in [-0.15, -0.1) is 0 Å². The monoisotopic (exact) mass is 285 g/mol. The van der Waals surface area contributed by atoms with E-state index in [0.29, 0.717) is 13.0 Å². The molecule has 0 aliphatic heterocycles. The van der Waals surface area contributed by atoms with Crippen LogP contribution in [0.3, 0.4) is 0 Å². The number of carbonyl (C=O) groups is 1. The van der Waals surface area contributed by atoms with E-state index in [2.05, 4.69) is 41.5 Å². The first-order chi connectivity index (χ1) is 10.1. The van der Waals surface area contributed by atoms with Crippen molar-refractivity contribution in [3.05, 3.63) is 52.3 Å². The number of amides is 1. The minimum absolute atomic E-state index is 0.0853. The molecule has 4 nitrogen and oxygen atoms in total. The normalized spacial score (nSPS) is 10.6. The number of H-pyrrole nitrogens is 1. The molecule has 0 radical (unpaired) electrons. The summed E-state index contributed by atoms with van der Waals surface area (Å²) < 4.78 is 0. The number of carbonyl (C=O) groups excluding carboxylic acids is 1. The van der Waals surface area contributed by atoms with E-state index in [1.54, 1.807) is 0 Å². The van der Waals surface area contributed by atoms with Crippen molar-refractivity contribution in [3.8, 4) is 0 Å². The Bertz CT molecular complexity index is 616. The zero-order valence-electron chi connectivity index (χ0n) is 13.0. The second kappa shape index (κ2) is 7.07. The molecule has 2 N–H and O–H groups in total. The van der Waals surface area contributed by atoms with Gasteiger partial charge in [0.1, 0.15) is 0 Å². The van der Waals surface area contributed by atoms with Gasteiger partial charge in [-0.2, -0.15) is 5.10 Å². The third-order valence-corrected chi connectivity index (χ3v) is 3.82. The maximum Gasteiger partial charge on any atom is 0.224 e. The highest BCUT2D eigenvalue weighted by Gasteiger charge is 2.05. The van der Waals surface area contributed by atoms with Crippen molar-refractivity contribution in [1.29, 1.82) is 0 Å². The Morgan fingerprint density at radius 1 is 1.24 bits per heavy atom. The number of aromatic nitrogens is 2. The largest absolute Gasteiger partial charge is 0.356 e. The van der Waals surface area contributed by atoms with E-state index < -0.39 is 0 Å². The molecule has 1 amide bonds. The number of aromatic amines is 1. The van der Waals surface area contributed by atoms with E-state index in [0.717, 1.165) is 24.1 Å². The first-order valence-electron chi connectivity index (χ1n) is 7.38. The van der Waals surface area contributed by atoms with Gasteiger partial charge >= 0.3 is 0 Å². The number of benzene rings is 1. The molecule has 21 heavy (non-hydrogen) atoms. The molecule has 0 saturated heterocycles. The fraction of sp³-hybridized carbons (Fsp3) is 0.412. The number of nitrogens with zero attached hydrogens (tertiary/aromatic N) is 1. The highest BCUT2D eigenvalue weighted by atomic mass is 16.1. The van der Waals surface area contributed by atoms with Crippen LogP contribution in [0.1, 0.15) is 34.4 Å². The summed E-state index contributed by atoms with van der Waals surface area (Å²) in [7, 11) is 0. The van der Waals surface area contributed by atoms with Crippen LogP contribution in [-0.2, 0) is 17.6 Å². The van der Waals surface area contributed by atoms with Crippen molar-refractivity contribution in [3.63, 3.8) is 0 Å². The molecule has 2 aromatic rings. The van der Waals surface area contributed by atoms with Gasteiger partial charge in [-0.1, -0.05) is 18.2 Å². The number of hydrogen-bond donors (Lipinski definition) is 2. The first kappa shape index (κ1) is 15.3. The van der Waals surface area contributed by atoms with Crippen LogP contribution in [0.5, 0.6) is 0 Å². The predicted octanol–water partition coefficient (Wildman–Crippen LogP) is 2.63. The molecule has 1 heterocycles. The summed E-state index contributed by atoms with van der Waals surface area (Å²) in [6.07, 6.45) is 4.17. The van der Waals surface area contributed by atoms with Gasteiger partial charge in [0.15, 0.2) is 0 Å². The summed E-state index contributed by atoms with van der Waals surface area (Å²) in [5.74, 6) is 0.0853. The molecule has 2 rings (SSSR count). The molecule has 1 aromatic carbocycles. The van der Waals surface area contributed by atoms with E-state index in [1.807, 2.05) is 19.2 Å². The van der Waals surface area contributed by atoms with Crippen LogP contribution in [-0.4, -0.2) is 22.6 Å². The Morgan fingerprint density at radius 3 is 2.71 bits per heavy atom. The molecule has 0 saturated carbocycles. The summed E-state index contributed by atoms with van der Waals surface area (Å²) in [4.78, 5) is 11.9. The highest BCUT2D eigenvalue weighted by Crippen LogP contribution is 2.10. The van der Waals surface area contributed by atoms with Gasteiger partial charge in [0.05, 0.1) is 12.6 Å². The van der Waals surface area contributed by atoms with Gasteiger partial charge in [0.25, 0.3) is 0 Å². The number of nitrogens with one attached hydrogen (secondary N) is 2. The number of aryl methyl sites for hydroxylation is 4. The Morgan fingerprint density at radius 2 is 2.05 bits per heavy atom. The lowest BCUT2D eigenvalue weighted by Crippen LogP contribution is -2.26. The lowest BCUT2D eigenvalue weighted by atomic mass is 10.0. The smallest absolute Gasteiger partial charge is 0.224 e. The molecule has 0 fully saturated rings. The van der Waals surface area contributed by atoms with Crippen molar-refractivity contribution >= 4 is 5.91 Å². The minimum Gasteiger partial charge on any atom is -0.356 e. The maximum atomic E-state index is 11.9. The van der Waals surface area contributed by atoms with Crippen molar-refractivity contribution in [2.75, 3.05) is 6.54 Å². The van der Waals surface area contributed by atoms with Gasteiger partial charge in [-0.25, -0.2) is 0 Å². The van der Waals surface area contributed by atoms with Gasteiger partial charge in [-0.3, -0.25) is 9.89 Å². The molecular weight excluding hydrogens is 262 g/mol. The van der Waals surface area contributed by atoms with Crippen molar-refractivity contribution in [2.45, 2.75) is 40.0 Å². The molecule has 0 atom stereocenters. The molecule has 0 aliphatic carbocycles. The predicted molar refractivity (Wildman–Crippen MR) is 84.3 cm³/mol. The average Bonchev–Trinajstić information content (AvgIpc) is 2.85. The topological polar surface area (TPSA) is 57.8 Å². The number of hydrogen-bond acceptors (Lipinski definition) is 2. The molecule has 4 heteroatoms. The van der Waals surface area contributed by atoms with Crippen LogP contribution in [0.25, 0.3) is 0 Å². The Kier molecular flexibility index (Phi) is 5.14. The minimum atomic E-state index is 0.0853. The van der Waals surface area contributed by atoms with Gasteiger partial charge < -0.3 is 5.32 Å². The van der Waals surface area contributed by atoms with Crippen molar-refractivity contribution in [2.24, 2.45) is 0 Å². The molecule has 0 aliphatic rings. The second-order valence-electron chi connectivity index (χ2n) is 5.57. The molecule has 112 valence electrons. The summed E-state index contributed by atoms with van der Waals surface area (Å²) in [6, 6.07) is 6.18. The van der Waals surface area contributed by atoms with Crippen LogP contribution < -0.4 is 5.32 Å². The average molecular weight is 285 g/mol. The Hall–Kier alpha value is -2.10. The molecule has 0 spiro atoms. The van der Waals surface area contributed by atoms with Gasteiger partial charge in [0.2, 0.25) is 5.91 Å². The van der Waals surface area contributed by atoms with Gasteiger partial charge in [0, 0.05) is 12.2 Å². The summed E-state index contributed by atoms with van der Waals surface area (Å²) in [6.45, 7) is 6.87. The molecular formula is C17H23N3O. The lowest BCUT2D eigenvalue weighted by Gasteiger charge is -2.07. The zero-order valence-corrected chi connectivity index (χ0v) is 13.0. The van der Waals surface area contributed by atoms with Crippen LogP contribution >= 0.6 is 0 Å². The fourth-order valence-corrected chi connectivity index (χ4v) is 2.30. The molecule has 0 bridgehead atoms. The standard InChI is InChI=1S/C17H23N3O/c1-12-6-7-15(9-13(12)2)10-17(21)18-8-4-5-16-11-19-20-14(16)3/h6-7,9,11H,4-5,8,10H2,1-3H3,(H,18,21)(H,19,20). The SMILES string of the molecule is Cc1ccc(CC(=O)NCCCc2cn[nH]c2C)cc1C. The van der Waals surface area contributed by atoms with E-state index in [-0.39, 0.29) is 5.91 Å². The molecule has 1 aromatic heterocycles. The Labute approximate surface area is 126 Å². The van der Waals surface area contributed by atoms with E-state index >= 15 is 0 Å². The fourth-order valence-electron chi connectivity index (χ4n) is 2.30. The van der Waals surface area contributed by atoms with E-state index in [1.165, 1.54) is 16.7 Å². The Balaban J connectivity index is 1.72. The summed E-state index contributed by atoms with van der Waals surface area (Å²) in [5.41, 5.74) is 5.89. The van der Waals surface area contributed by atoms with E-state index in [4.69, 9.17) is 0 Å². The highest BCUT2D eigenvalue weighted by molar-refractivity contribution is 5.78. The third kappa shape index (κ3) is 4.45. The quantitative estimate of drug-likeness (QED) is 0.802. The zero-order chi connectivity index (χ0) is 15.2. The van der Waals surface area contributed by atoms with Crippen LogP contribution in [0.2, 0.25) is 0 Å². The summed E-state index contributed by atoms with van der Waals surface area (Å²) >= 11 is 0. The van der Waals surface area contributed by atoms with Crippen LogP contribution in [0, 0.1) is 20.8 Å². The third-order valence-electron chi connectivity index (χ3n) is 3.82. The van der Waals surface area contributed by atoms with Crippen molar-refractivity contribution in [1.82, 2.24) is 15.5 Å². The first-order valence-corrected chi connectivity index (χ1v) is 7.38. The van der Waals surface area contributed by atoms with Crippen LogP contribution in [0.4, 0.5) is 0 Å². The van der Waals surface area contributed by atoms with E-state index in [9.17, 15) is 4.79 Å². The number of rotatable bonds is 6.